The van der Waals surface area contributed by atoms with Gasteiger partial charge in [-0.1, -0.05) is 108 Å². The van der Waals surface area contributed by atoms with Crippen molar-refractivity contribution in [2.45, 2.75) is 37.2 Å². The molecule has 1 unspecified atom stereocenters. The van der Waals surface area contributed by atoms with Crippen LogP contribution in [0.4, 0.5) is 10.5 Å². The molecule has 39 heavy (non-hydrogen) atoms. The molecule has 0 spiro atoms. The molecule has 0 aliphatic rings. The zero-order valence-corrected chi connectivity index (χ0v) is 22.9. The predicted molar refractivity (Wildman–Crippen MR) is 158 cm³/mol. The SMILES string of the molecule is Cc1ccc(-n2c(SCc3ccccc3)nnc2C(Cc2ccccc2)NC(=O)Nc2ccccc2C)cc1. The van der Waals surface area contributed by atoms with Crippen molar-refractivity contribution in [3.8, 4) is 5.69 Å². The standard InChI is InChI=1S/C32H31N5OS/c1-23-17-19-27(20-18-23)37-30(35-36-32(37)39-22-26-14-7-4-8-15-26)29(21-25-12-5-3-6-13-25)34-31(38)33-28-16-10-9-11-24(28)2/h3-20,29H,21-22H2,1-2H3,(H2,33,34,38). The third-order valence-electron chi connectivity index (χ3n) is 6.45. The van der Waals surface area contributed by atoms with Crippen LogP contribution in [0.3, 0.4) is 0 Å². The van der Waals surface area contributed by atoms with Crippen LogP contribution in [0.2, 0.25) is 0 Å². The molecule has 5 rings (SSSR count). The van der Waals surface area contributed by atoms with Crippen molar-refractivity contribution >= 4 is 23.5 Å². The van der Waals surface area contributed by atoms with E-state index in [1.54, 1.807) is 11.8 Å². The lowest BCUT2D eigenvalue weighted by molar-refractivity contribution is 0.247. The molecule has 2 amide bonds. The molecule has 7 heteroatoms. The molecule has 0 saturated heterocycles. The maximum absolute atomic E-state index is 13.3. The van der Waals surface area contributed by atoms with Crippen molar-refractivity contribution in [3.63, 3.8) is 0 Å². The van der Waals surface area contributed by atoms with Crippen LogP contribution in [-0.2, 0) is 12.2 Å². The third kappa shape index (κ3) is 6.75. The summed E-state index contributed by atoms with van der Waals surface area (Å²) in [5.74, 6) is 1.44. The molecule has 0 fully saturated rings. The molecular formula is C32H31N5OS. The Hall–Kier alpha value is -4.36. The molecule has 0 radical (unpaired) electrons. The predicted octanol–water partition coefficient (Wildman–Crippen LogP) is 7.28. The van der Waals surface area contributed by atoms with Crippen molar-refractivity contribution in [1.82, 2.24) is 20.1 Å². The van der Waals surface area contributed by atoms with Crippen molar-refractivity contribution < 1.29 is 4.79 Å². The summed E-state index contributed by atoms with van der Waals surface area (Å²) in [7, 11) is 0. The summed E-state index contributed by atoms with van der Waals surface area (Å²) in [5.41, 5.74) is 6.19. The summed E-state index contributed by atoms with van der Waals surface area (Å²) in [6, 6.07) is 35.8. The number of nitrogens with zero attached hydrogens (tertiary/aromatic N) is 3. The number of rotatable bonds is 9. The van der Waals surface area contributed by atoms with Crippen LogP contribution in [0.25, 0.3) is 5.69 Å². The third-order valence-corrected chi connectivity index (χ3v) is 7.45. The second kappa shape index (κ2) is 12.5. The second-order valence-electron chi connectivity index (χ2n) is 9.44. The molecule has 0 aliphatic carbocycles. The molecule has 6 nitrogen and oxygen atoms in total. The van der Waals surface area contributed by atoms with Crippen molar-refractivity contribution in [2.24, 2.45) is 0 Å². The first-order valence-corrected chi connectivity index (χ1v) is 13.9. The molecule has 4 aromatic carbocycles. The lowest BCUT2D eigenvalue weighted by Crippen LogP contribution is -2.35. The maximum Gasteiger partial charge on any atom is 0.319 e. The Morgan fingerprint density at radius 3 is 2.13 bits per heavy atom. The van der Waals surface area contributed by atoms with E-state index in [1.165, 1.54) is 11.1 Å². The first-order valence-electron chi connectivity index (χ1n) is 12.9. The molecular weight excluding hydrogens is 502 g/mol. The van der Waals surface area contributed by atoms with Crippen LogP contribution >= 0.6 is 11.8 Å². The smallest absolute Gasteiger partial charge is 0.319 e. The minimum atomic E-state index is -0.420. The Morgan fingerprint density at radius 2 is 1.44 bits per heavy atom. The van der Waals surface area contributed by atoms with Crippen LogP contribution in [-0.4, -0.2) is 20.8 Å². The number of carbonyl (C=O) groups excluding carboxylic acids is 1. The van der Waals surface area contributed by atoms with E-state index in [1.807, 2.05) is 67.6 Å². The van der Waals surface area contributed by atoms with E-state index in [2.05, 4.69) is 80.9 Å². The van der Waals surface area contributed by atoms with E-state index in [4.69, 9.17) is 0 Å². The molecule has 0 bridgehead atoms. The van der Waals surface area contributed by atoms with Crippen LogP contribution < -0.4 is 10.6 Å². The van der Waals surface area contributed by atoms with Gasteiger partial charge in [0.25, 0.3) is 0 Å². The highest BCUT2D eigenvalue weighted by Gasteiger charge is 2.25. The number of hydrogen-bond acceptors (Lipinski definition) is 4. The van der Waals surface area contributed by atoms with Crippen LogP contribution in [0.1, 0.15) is 34.1 Å². The summed E-state index contributed by atoms with van der Waals surface area (Å²) >= 11 is 1.63. The first-order chi connectivity index (χ1) is 19.1. The van der Waals surface area contributed by atoms with E-state index in [-0.39, 0.29) is 6.03 Å². The number of aromatic nitrogens is 3. The molecule has 1 aromatic heterocycles. The van der Waals surface area contributed by atoms with Gasteiger partial charge in [-0.25, -0.2) is 4.79 Å². The van der Waals surface area contributed by atoms with Gasteiger partial charge in [-0.05, 0) is 48.7 Å². The number of amides is 2. The van der Waals surface area contributed by atoms with Gasteiger partial charge in [0, 0.05) is 23.5 Å². The second-order valence-corrected chi connectivity index (χ2v) is 10.4. The molecule has 1 atom stereocenters. The van der Waals surface area contributed by atoms with E-state index >= 15 is 0 Å². The van der Waals surface area contributed by atoms with Crippen molar-refractivity contribution in [2.75, 3.05) is 5.32 Å². The molecule has 0 aliphatic heterocycles. The average molecular weight is 534 g/mol. The minimum Gasteiger partial charge on any atom is -0.327 e. The van der Waals surface area contributed by atoms with E-state index in [0.29, 0.717) is 12.2 Å². The molecule has 196 valence electrons. The van der Waals surface area contributed by atoms with Gasteiger partial charge >= 0.3 is 6.03 Å². The number of thioether (sulfide) groups is 1. The fourth-order valence-corrected chi connectivity index (χ4v) is 5.26. The largest absolute Gasteiger partial charge is 0.327 e. The van der Waals surface area contributed by atoms with Gasteiger partial charge in [0.05, 0.1) is 6.04 Å². The summed E-state index contributed by atoms with van der Waals surface area (Å²) in [4.78, 5) is 13.3. The molecule has 0 saturated carbocycles. The van der Waals surface area contributed by atoms with Gasteiger partial charge in [-0.15, -0.1) is 10.2 Å². The van der Waals surface area contributed by atoms with Crippen LogP contribution in [0.15, 0.2) is 114 Å². The summed E-state index contributed by atoms with van der Waals surface area (Å²) in [6.07, 6.45) is 0.565. The van der Waals surface area contributed by atoms with Gasteiger partial charge in [0.2, 0.25) is 0 Å². The lowest BCUT2D eigenvalue weighted by Gasteiger charge is -2.21. The van der Waals surface area contributed by atoms with Gasteiger partial charge in [-0.2, -0.15) is 0 Å². The zero-order chi connectivity index (χ0) is 27.0. The Labute approximate surface area is 233 Å². The normalized spacial score (nSPS) is 11.6. The highest BCUT2D eigenvalue weighted by atomic mass is 32.2. The highest BCUT2D eigenvalue weighted by molar-refractivity contribution is 7.98. The molecule has 2 N–H and O–H groups in total. The highest BCUT2D eigenvalue weighted by Crippen LogP contribution is 2.29. The zero-order valence-electron chi connectivity index (χ0n) is 22.0. The number of hydrogen-bond donors (Lipinski definition) is 2. The average Bonchev–Trinajstić information content (AvgIpc) is 3.38. The van der Waals surface area contributed by atoms with Crippen LogP contribution in [0.5, 0.6) is 0 Å². The monoisotopic (exact) mass is 533 g/mol. The fourth-order valence-electron chi connectivity index (χ4n) is 4.35. The Bertz CT molecular complexity index is 1520. The quantitative estimate of drug-likeness (QED) is 0.195. The number of benzene rings is 4. The number of para-hydroxylation sites is 1. The van der Waals surface area contributed by atoms with Crippen molar-refractivity contribution in [3.05, 3.63) is 137 Å². The summed E-state index contributed by atoms with van der Waals surface area (Å²) in [5, 5.41) is 16.2. The van der Waals surface area contributed by atoms with E-state index in [9.17, 15) is 4.79 Å². The maximum atomic E-state index is 13.3. The minimum absolute atomic E-state index is 0.290. The number of carbonyl (C=O) groups is 1. The van der Waals surface area contributed by atoms with E-state index in [0.717, 1.165) is 33.4 Å². The van der Waals surface area contributed by atoms with Crippen molar-refractivity contribution in [1.29, 1.82) is 0 Å². The Morgan fingerprint density at radius 1 is 0.795 bits per heavy atom. The fraction of sp³-hybridized carbons (Fsp3) is 0.156. The molecule has 1 heterocycles. The van der Waals surface area contributed by atoms with Gasteiger partial charge < -0.3 is 10.6 Å². The van der Waals surface area contributed by atoms with Gasteiger partial charge in [0.15, 0.2) is 11.0 Å². The Balaban J connectivity index is 1.50. The van der Waals surface area contributed by atoms with Crippen LogP contribution in [0, 0.1) is 13.8 Å². The lowest BCUT2D eigenvalue weighted by atomic mass is 10.1. The molecule has 5 aromatic rings. The number of aryl methyl sites for hydroxylation is 2. The number of urea groups is 1. The Kier molecular flexibility index (Phi) is 8.39. The first kappa shape index (κ1) is 26.3. The number of anilines is 1. The van der Waals surface area contributed by atoms with Gasteiger partial charge in [-0.3, -0.25) is 4.57 Å². The van der Waals surface area contributed by atoms with E-state index < -0.39 is 6.04 Å². The summed E-state index contributed by atoms with van der Waals surface area (Å²) < 4.78 is 2.06. The topological polar surface area (TPSA) is 71.8 Å². The number of nitrogens with one attached hydrogen (secondary N) is 2. The van der Waals surface area contributed by atoms with Gasteiger partial charge in [0.1, 0.15) is 0 Å². The summed E-state index contributed by atoms with van der Waals surface area (Å²) in [6.45, 7) is 4.04.